The van der Waals surface area contributed by atoms with E-state index in [2.05, 4.69) is 51.2 Å². The largest absolute Gasteiger partial charge is 0.376 e. The van der Waals surface area contributed by atoms with E-state index in [0.29, 0.717) is 11.7 Å². The van der Waals surface area contributed by atoms with E-state index in [4.69, 9.17) is 4.74 Å². The van der Waals surface area contributed by atoms with Gasteiger partial charge in [-0.3, -0.25) is 4.79 Å². The van der Waals surface area contributed by atoms with E-state index in [1.165, 1.54) is 22.5 Å². The number of carbonyl (C=O) groups is 1. The van der Waals surface area contributed by atoms with Crippen LogP contribution in [0.5, 0.6) is 0 Å². The molecule has 28 heavy (non-hydrogen) atoms. The van der Waals surface area contributed by atoms with Crippen LogP contribution in [0.2, 0.25) is 0 Å². The second-order valence-electron chi connectivity index (χ2n) is 6.96. The SMILES string of the molecule is C[C@H](NC(=O)CSc1nnnn1C[C@H]1CCCO1)c1ccc2ccccc2c1. The van der Waals surface area contributed by atoms with Gasteiger partial charge in [0.15, 0.2) is 0 Å². The number of nitrogens with one attached hydrogen (secondary N) is 1. The molecule has 1 aromatic heterocycles. The predicted molar refractivity (Wildman–Crippen MR) is 108 cm³/mol. The van der Waals surface area contributed by atoms with Crippen molar-refractivity contribution in [2.45, 2.75) is 43.6 Å². The van der Waals surface area contributed by atoms with Crippen LogP contribution in [0.3, 0.4) is 0 Å². The van der Waals surface area contributed by atoms with Gasteiger partial charge in [-0.15, -0.1) is 5.10 Å². The van der Waals surface area contributed by atoms with E-state index in [1.807, 2.05) is 19.1 Å². The quantitative estimate of drug-likeness (QED) is 0.617. The van der Waals surface area contributed by atoms with Crippen molar-refractivity contribution < 1.29 is 9.53 Å². The maximum absolute atomic E-state index is 12.4. The highest BCUT2D eigenvalue weighted by Crippen LogP contribution is 2.21. The number of rotatable bonds is 7. The lowest BCUT2D eigenvalue weighted by atomic mass is 10.0. The highest BCUT2D eigenvalue weighted by Gasteiger charge is 2.19. The fourth-order valence-corrected chi connectivity index (χ4v) is 4.07. The summed E-state index contributed by atoms with van der Waals surface area (Å²) >= 11 is 1.34. The Morgan fingerprint density at radius 2 is 2.18 bits per heavy atom. The summed E-state index contributed by atoms with van der Waals surface area (Å²) in [5, 5.41) is 17.8. The average Bonchev–Trinajstić information content (AvgIpc) is 3.38. The van der Waals surface area contributed by atoms with Crippen molar-refractivity contribution in [2.24, 2.45) is 0 Å². The summed E-state index contributed by atoms with van der Waals surface area (Å²) in [6.07, 6.45) is 2.25. The Kier molecular flexibility index (Phi) is 5.87. The van der Waals surface area contributed by atoms with Crippen molar-refractivity contribution in [1.82, 2.24) is 25.5 Å². The minimum atomic E-state index is -0.0689. The van der Waals surface area contributed by atoms with Gasteiger partial charge in [-0.2, -0.15) is 0 Å². The third-order valence-corrected chi connectivity index (χ3v) is 5.84. The van der Waals surface area contributed by atoms with Gasteiger partial charge in [-0.25, -0.2) is 4.68 Å². The number of hydrogen-bond donors (Lipinski definition) is 1. The number of tetrazole rings is 1. The molecule has 1 aliphatic rings. The molecule has 7 nitrogen and oxygen atoms in total. The molecular formula is C20H23N5O2S. The van der Waals surface area contributed by atoms with Gasteiger partial charge in [0, 0.05) is 6.61 Å². The van der Waals surface area contributed by atoms with Gasteiger partial charge in [0.2, 0.25) is 11.1 Å². The number of fused-ring (bicyclic) bond motifs is 1. The lowest BCUT2D eigenvalue weighted by molar-refractivity contribution is -0.119. The van der Waals surface area contributed by atoms with Crippen LogP contribution in [0.25, 0.3) is 10.8 Å². The molecule has 1 aliphatic heterocycles. The van der Waals surface area contributed by atoms with Crippen molar-refractivity contribution in [3.05, 3.63) is 48.0 Å². The summed E-state index contributed by atoms with van der Waals surface area (Å²) < 4.78 is 7.36. The molecule has 1 saturated heterocycles. The molecule has 0 bridgehead atoms. The number of hydrogen-bond acceptors (Lipinski definition) is 6. The number of thioether (sulfide) groups is 1. The number of benzene rings is 2. The van der Waals surface area contributed by atoms with Gasteiger partial charge in [0.1, 0.15) is 0 Å². The van der Waals surface area contributed by atoms with Crippen LogP contribution in [-0.2, 0) is 16.1 Å². The van der Waals surface area contributed by atoms with Crippen LogP contribution in [-0.4, -0.2) is 44.6 Å². The van der Waals surface area contributed by atoms with E-state index in [-0.39, 0.29) is 23.8 Å². The number of aromatic nitrogens is 4. The highest BCUT2D eigenvalue weighted by atomic mass is 32.2. The molecule has 1 fully saturated rings. The zero-order valence-electron chi connectivity index (χ0n) is 15.7. The molecular weight excluding hydrogens is 374 g/mol. The van der Waals surface area contributed by atoms with Crippen LogP contribution in [0, 0.1) is 0 Å². The lowest BCUT2D eigenvalue weighted by Crippen LogP contribution is -2.28. The number of nitrogens with zero attached hydrogens (tertiary/aromatic N) is 4. The summed E-state index contributed by atoms with van der Waals surface area (Å²) in [7, 11) is 0. The summed E-state index contributed by atoms with van der Waals surface area (Å²) in [6, 6.07) is 14.4. The van der Waals surface area contributed by atoms with Gasteiger partial charge >= 0.3 is 0 Å². The summed E-state index contributed by atoms with van der Waals surface area (Å²) in [6.45, 7) is 3.42. The molecule has 1 amide bonds. The fourth-order valence-electron chi connectivity index (χ4n) is 3.37. The molecule has 4 rings (SSSR count). The summed E-state index contributed by atoms with van der Waals surface area (Å²) in [5.41, 5.74) is 1.08. The zero-order valence-corrected chi connectivity index (χ0v) is 16.6. The normalized spacial score (nSPS) is 17.7. The first kappa shape index (κ1) is 18.9. The Hall–Kier alpha value is -2.45. The third kappa shape index (κ3) is 4.51. The lowest BCUT2D eigenvalue weighted by Gasteiger charge is -2.15. The van der Waals surface area contributed by atoms with Crippen LogP contribution in [0.4, 0.5) is 0 Å². The Labute approximate surface area is 167 Å². The van der Waals surface area contributed by atoms with E-state index < -0.39 is 0 Å². The van der Waals surface area contributed by atoms with Crippen molar-refractivity contribution in [3.8, 4) is 0 Å². The van der Waals surface area contributed by atoms with E-state index in [0.717, 1.165) is 25.0 Å². The molecule has 3 aromatic rings. The predicted octanol–water partition coefficient (Wildman–Crippen LogP) is 2.97. The first-order valence-corrected chi connectivity index (χ1v) is 10.5. The van der Waals surface area contributed by atoms with E-state index >= 15 is 0 Å². The Morgan fingerprint density at radius 3 is 3.00 bits per heavy atom. The Bertz CT molecular complexity index is 954. The Balaban J connectivity index is 1.32. The van der Waals surface area contributed by atoms with Crippen LogP contribution < -0.4 is 5.32 Å². The maximum atomic E-state index is 12.4. The minimum Gasteiger partial charge on any atom is -0.376 e. The summed E-state index contributed by atoms with van der Waals surface area (Å²) in [5.74, 6) is 0.224. The summed E-state index contributed by atoms with van der Waals surface area (Å²) in [4.78, 5) is 12.4. The smallest absolute Gasteiger partial charge is 0.230 e. The van der Waals surface area contributed by atoms with Crippen molar-refractivity contribution >= 4 is 28.4 Å². The topological polar surface area (TPSA) is 81.9 Å². The molecule has 0 aliphatic carbocycles. The Morgan fingerprint density at radius 1 is 1.32 bits per heavy atom. The fraction of sp³-hybridized carbons (Fsp3) is 0.400. The second-order valence-corrected chi connectivity index (χ2v) is 7.91. The van der Waals surface area contributed by atoms with Gasteiger partial charge < -0.3 is 10.1 Å². The number of amides is 1. The van der Waals surface area contributed by atoms with E-state index in [9.17, 15) is 4.79 Å². The van der Waals surface area contributed by atoms with Crippen molar-refractivity contribution in [1.29, 1.82) is 0 Å². The molecule has 1 N–H and O–H groups in total. The van der Waals surface area contributed by atoms with Gasteiger partial charge in [-0.1, -0.05) is 48.2 Å². The zero-order chi connectivity index (χ0) is 19.3. The highest BCUT2D eigenvalue weighted by molar-refractivity contribution is 7.99. The van der Waals surface area contributed by atoms with Gasteiger partial charge in [0.25, 0.3) is 0 Å². The molecule has 2 aromatic carbocycles. The van der Waals surface area contributed by atoms with Crippen LogP contribution in [0.1, 0.15) is 31.4 Å². The standard InChI is InChI=1S/C20H23N5O2S/c1-14(16-9-8-15-5-2-3-6-17(15)11-16)21-19(26)13-28-20-22-23-24-25(20)12-18-7-4-10-27-18/h2-3,5-6,8-9,11,14,18H,4,7,10,12-13H2,1H3,(H,21,26)/t14-,18+/m0/s1. The molecule has 0 unspecified atom stereocenters. The monoisotopic (exact) mass is 397 g/mol. The van der Waals surface area contributed by atoms with Crippen LogP contribution >= 0.6 is 11.8 Å². The second kappa shape index (κ2) is 8.70. The van der Waals surface area contributed by atoms with Gasteiger partial charge in [0.05, 0.1) is 24.4 Å². The molecule has 0 saturated carbocycles. The van der Waals surface area contributed by atoms with E-state index in [1.54, 1.807) is 4.68 Å². The van der Waals surface area contributed by atoms with Crippen molar-refractivity contribution in [3.63, 3.8) is 0 Å². The van der Waals surface area contributed by atoms with Crippen molar-refractivity contribution in [2.75, 3.05) is 12.4 Å². The average molecular weight is 398 g/mol. The van der Waals surface area contributed by atoms with Gasteiger partial charge in [-0.05, 0) is 52.6 Å². The maximum Gasteiger partial charge on any atom is 0.230 e. The van der Waals surface area contributed by atoms with Crippen LogP contribution in [0.15, 0.2) is 47.6 Å². The first-order chi connectivity index (χ1) is 13.7. The molecule has 2 atom stereocenters. The molecule has 0 spiro atoms. The molecule has 2 heterocycles. The third-order valence-electron chi connectivity index (χ3n) is 4.88. The molecule has 8 heteroatoms. The first-order valence-electron chi connectivity index (χ1n) is 9.47. The number of ether oxygens (including phenoxy) is 1. The molecule has 146 valence electrons. The minimum absolute atomic E-state index is 0.0441. The molecule has 0 radical (unpaired) electrons. The number of carbonyl (C=O) groups excluding carboxylic acids is 1.